The fourth-order valence-electron chi connectivity index (χ4n) is 5.80. The summed E-state index contributed by atoms with van der Waals surface area (Å²) in [6.07, 6.45) is 3.74. The van der Waals surface area contributed by atoms with Gasteiger partial charge in [-0.15, -0.1) is 0 Å². The molecule has 1 aromatic heterocycles. The predicted octanol–water partition coefficient (Wildman–Crippen LogP) is 6.49. The monoisotopic (exact) mass is 620 g/mol. The molecular weight excluding hydrogens is 592 g/mol. The van der Waals surface area contributed by atoms with E-state index in [2.05, 4.69) is 4.99 Å². The maximum atomic E-state index is 13.7. The first-order chi connectivity index (χ1) is 22.0. The van der Waals surface area contributed by atoms with Crippen molar-refractivity contribution >= 4 is 40.3 Å². The largest absolute Gasteiger partial charge is 0.493 e. The van der Waals surface area contributed by atoms with Gasteiger partial charge in [-0.25, -0.2) is 4.98 Å². The van der Waals surface area contributed by atoms with E-state index in [1.807, 2.05) is 53.6 Å². The minimum absolute atomic E-state index is 0.0274. The lowest BCUT2D eigenvalue weighted by Gasteiger charge is -2.20. The van der Waals surface area contributed by atoms with E-state index in [4.69, 9.17) is 30.8 Å². The molecule has 0 radical (unpaired) electrons. The average molecular weight is 621 g/mol. The lowest BCUT2D eigenvalue weighted by Crippen LogP contribution is -2.35. The molecule has 45 heavy (non-hydrogen) atoms. The molecule has 7 rings (SSSR count). The summed E-state index contributed by atoms with van der Waals surface area (Å²) in [6.45, 7) is 1.21. The van der Waals surface area contributed by atoms with Gasteiger partial charge in [-0.3, -0.25) is 19.1 Å². The topological polar surface area (TPSA) is 95.2 Å². The second kappa shape index (κ2) is 12.1. The summed E-state index contributed by atoms with van der Waals surface area (Å²) in [5, 5.41) is 0.903. The molecule has 0 unspecified atom stereocenters. The fraction of sp³-hybridized carbons (Fsp3) is 0.200. The van der Waals surface area contributed by atoms with E-state index in [1.165, 1.54) is 0 Å². The summed E-state index contributed by atoms with van der Waals surface area (Å²) in [5.74, 6) is 2.04. The van der Waals surface area contributed by atoms with Gasteiger partial charge in [0.15, 0.2) is 11.5 Å². The van der Waals surface area contributed by atoms with Crippen molar-refractivity contribution in [2.75, 3.05) is 26.9 Å². The third-order valence-electron chi connectivity index (χ3n) is 8.02. The molecule has 3 heterocycles. The number of amides is 1. The van der Waals surface area contributed by atoms with E-state index in [0.717, 1.165) is 24.9 Å². The van der Waals surface area contributed by atoms with Crippen molar-refractivity contribution in [1.82, 2.24) is 14.5 Å². The van der Waals surface area contributed by atoms with Gasteiger partial charge in [0, 0.05) is 29.4 Å². The van der Waals surface area contributed by atoms with E-state index in [-0.39, 0.29) is 30.7 Å². The number of hydrogen-bond acceptors (Lipinski definition) is 7. The summed E-state index contributed by atoms with van der Waals surface area (Å²) >= 11 is 6.21. The Morgan fingerprint density at radius 1 is 0.911 bits per heavy atom. The summed E-state index contributed by atoms with van der Waals surface area (Å²) in [4.78, 5) is 38.1. The molecular formula is C35H29ClN4O5. The van der Waals surface area contributed by atoms with Crippen molar-refractivity contribution in [3.05, 3.63) is 106 Å². The molecule has 0 N–H and O–H groups in total. The van der Waals surface area contributed by atoms with Crippen molar-refractivity contribution < 1.29 is 19.0 Å². The van der Waals surface area contributed by atoms with Crippen LogP contribution in [0.5, 0.6) is 17.2 Å². The minimum atomic E-state index is -0.218. The van der Waals surface area contributed by atoms with Crippen molar-refractivity contribution in [3.8, 4) is 34.3 Å². The maximum absolute atomic E-state index is 13.7. The van der Waals surface area contributed by atoms with Gasteiger partial charge in [-0.1, -0.05) is 41.9 Å². The molecule has 226 valence electrons. The van der Waals surface area contributed by atoms with Crippen LogP contribution in [0, 0.1) is 0 Å². The second-order valence-corrected chi connectivity index (χ2v) is 11.2. The lowest BCUT2D eigenvalue weighted by atomic mass is 10.1. The van der Waals surface area contributed by atoms with Crippen LogP contribution < -0.4 is 19.8 Å². The number of aromatic nitrogens is 2. The van der Waals surface area contributed by atoms with Gasteiger partial charge in [-0.05, 0) is 61.4 Å². The first-order valence-corrected chi connectivity index (χ1v) is 15.1. The third-order valence-corrected chi connectivity index (χ3v) is 8.26. The zero-order valence-electron chi connectivity index (χ0n) is 24.5. The van der Waals surface area contributed by atoms with Gasteiger partial charge >= 0.3 is 0 Å². The van der Waals surface area contributed by atoms with E-state index in [1.54, 1.807) is 54.1 Å². The molecule has 0 aliphatic carbocycles. The first kappa shape index (κ1) is 28.6. The van der Waals surface area contributed by atoms with Gasteiger partial charge in [0.1, 0.15) is 24.8 Å². The number of methoxy groups -OCH3 is 1. The van der Waals surface area contributed by atoms with Gasteiger partial charge in [-0.2, -0.15) is 0 Å². The van der Waals surface area contributed by atoms with Crippen LogP contribution in [-0.2, 0) is 0 Å². The minimum Gasteiger partial charge on any atom is -0.493 e. The van der Waals surface area contributed by atoms with Gasteiger partial charge < -0.3 is 19.1 Å². The molecule has 9 nitrogen and oxygen atoms in total. The van der Waals surface area contributed by atoms with Crippen molar-refractivity contribution in [3.63, 3.8) is 0 Å². The predicted molar refractivity (Wildman–Crippen MR) is 174 cm³/mol. The highest BCUT2D eigenvalue weighted by molar-refractivity contribution is 6.31. The Labute approximate surface area is 264 Å². The van der Waals surface area contributed by atoms with Crippen LogP contribution in [0.25, 0.3) is 28.0 Å². The Balaban J connectivity index is 1.08. The number of aliphatic imine (C=N–C) groups is 1. The number of nitrogens with zero attached hydrogens (tertiary/aromatic N) is 4. The van der Waals surface area contributed by atoms with E-state index in [9.17, 15) is 9.59 Å². The number of ether oxygens (including phenoxy) is 3. The molecule has 2 aliphatic heterocycles. The molecule has 0 bridgehead atoms. The zero-order chi connectivity index (χ0) is 30.9. The molecule has 5 aromatic rings. The van der Waals surface area contributed by atoms with Gasteiger partial charge in [0.05, 0.1) is 41.0 Å². The Morgan fingerprint density at radius 3 is 2.51 bits per heavy atom. The van der Waals surface area contributed by atoms with E-state index < -0.39 is 0 Å². The van der Waals surface area contributed by atoms with Crippen LogP contribution in [-0.4, -0.2) is 59.5 Å². The Kier molecular flexibility index (Phi) is 7.69. The van der Waals surface area contributed by atoms with Crippen LogP contribution in [0.4, 0.5) is 5.69 Å². The molecule has 1 saturated heterocycles. The van der Waals surface area contributed by atoms with Crippen LogP contribution in [0.15, 0.2) is 94.7 Å². The number of hydrogen-bond donors (Lipinski definition) is 0. The lowest BCUT2D eigenvalue weighted by molar-refractivity contribution is 0.0774. The molecule has 4 aromatic carbocycles. The second-order valence-electron chi connectivity index (χ2n) is 10.8. The molecule has 1 amide bonds. The van der Waals surface area contributed by atoms with Crippen LogP contribution in [0.3, 0.4) is 0 Å². The first-order valence-electron chi connectivity index (χ1n) is 14.7. The number of carbonyl (C=O) groups is 1. The Morgan fingerprint density at radius 2 is 1.71 bits per heavy atom. The fourth-order valence-corrected chi connectivity index (χ4v) is 5.97. The molecule has 0 spiro atoms. The van der Waals surface area contributed by atoms with E-state index >= 15 is 0 Å². The molecule has 1 fully saturated rings. The molecule has 10 heteroatoms. The van der Waals surface area contributed by atoms with Crippen molar-refractivity contribution in [2.24, 2.45) is 4.99 Å². The normalized spacial score (nSPS) is 15.5. The molecule has 0 saturated carbocycles. The zero-order valence-corrected chi connectivity index (χ0v) is 25.2. The van der Waals surface area contributed by atoms with Crippen LogP contribution in [0.2, 0.25) is 5.02 Å². The smallest absolute Gasteiger partial charge is 0.266 e. The summed E-state index contributed by atoms with van der Waals surface area (Å²) < 4.78 is 19.1. The average Bonchev–Trinajstić information content (AvgIpc) is 3.50. The van der Waals surface area contributed by atoms with Crippen LogP contribution in [0.1, 0.15) is 23.2 Å². The number of benzene rings is 4. The van der Waals surface area contributed by atoms with Crippen molar-refractivity contribution in [2.45, 2.75) is 18.9 Å². The van der Waals surface area contributed by atoms with Crippen molar-refractivity contribution in [1.29, 1.82) is 0 Å². The summed E-state index contributed by atoms with van der Waals surface area (Å²) in [7, 11) is 1.55. The molecule has 1 atom stereocenters. The Hall–Kier alpha value is -5.15. The maximum Gasteiger partial charge on any atom is 0.266 e. The quantitative estimate of drug-likeness (QED) is 0.184. The number of rotatable bonds is 8. The Bertz CT molecular complexity index is 1990. The SMILES string of the molecule is COc1cc2c(cc1OCCOc1ccc(-n3c(-c4ccccc4)nc4ccc(Cl)cc4c3=O)cc1)N=C[C@@H]1CCCN1C2=O. The van der Waals surface area contributed by atoms with Crippen LogP contribution >= 0.6 is 11.6 Å². The number of carbonyl (C=O) groups excluding carboxylic acids is 1. The highest BCUT2D eigenvalue weighted by Gasteiger charge is 2.32. The molecule has 2 aliphatic rings. The third kappa shape index (κ3) is 5.51. The summed E-state index contributed by atoms with van der Waals surface area (Å²) in [5.41, 5.74) is 2.89. The standard InChI is InChI=1S/C35H29ClN4O5/c1-43-31-19-28-30(37-21-25-8-5-15-39(25)34(28)41)20-32(31)45-17-16-44-26-12-10-24(11-13-26)40-33(22-6-3-2-4-7-22)38-29-14-9-23(36)18-27(29)35(40)42/h2-4,6-7,9-14,18-21,25H,5,8,15-17H2,1H3/t25-/m0/s1. The van der Waals surface area contributed by atoms with Gasteiger partial charge in [0.2, 0.25) is 0 Å². The van der Waals surface area contributed by atoms with Gasteiger partial charge in [0.25, 0.3) is 11.5 Å². The van der Waals surface area contributed by atoms with E-state index in [0.29, 0.717) is 55.9 Å². The number of halogens is 1. The highest BCUT2D eigenvalue weighted by Crippen LogP contribution is 2.38. The number of fused-ring (bicyclic) bond motifs is 3. The highest BCUT2D eigenvalue weighted by atomic mass is 35.5. The summed E-state index contributed by atoms with van der Waals surface area (Å²) in [6, 6.07) is 25.4.